The molecule has 0 bridgehead atoms. The fourth-order valence-electron chi connectivity index (χ4n) is 3.18. The molecule has 0 spiro atoms. The molecule has 0 atom stereocenters. The highest BCUT2D eigenvalue weighted by atomic mass is 16.3. The molecule has 0 aliphatic carbocycles. The molecule has 1 aromatic carbocycles. The average molecular weight is 325 g/mol. The number of nitrogens with zero attached hydrogens (tertiary/aromatic N) is 2. The third-order valence-corrected chi connectivity index (χ3v) is 4.60. The van der Waals surface area contributed by atoms with Crippen LogP contribution >= 0.6 is 0 Å². The van der Waals surface area contributed by atoms with Crippen molar-refractivity contribution >= 4 is 0 Å². The van der Waals surface area contributed by atoms with E-state index < -0.39 is 0 Å². The van der Waals surface area contributed by atoms with Gasteiger partial charge in [0.15, 0.2) is 0 Å². The molecule has 3 rings (SSSR count). The van der Waals surface area contributed by atoms with Gasteiger partial charge in [0.25, 0.3) is 0 Å². The predicted molar refractivity (Wildman–Crippen MR) is 97.7 cm³/mol. The second-order valence-electron chi connectivity index (χ2n) is 6.52. The zero-order valence-corrected chi connectivity index (χ0v) is 14.2. The summed E-state index contributed by atoms with van der Waals surface area (Å²) >= 11 is 0. The number of aromatic nitrogens is 1. The maximum Gasteiger partial charge on any atom is 0.0702 e. The summed E-state index contributed by atoms with van der Waals surface area (Å²) in [5, 5.41) is 13.1. The minimum absolute atomic E-state index is 0.0780. The number of benzene rings is 1. The maximum atomic E-state index is 9.52. The fourth-order valence-corrected chi connectivity index (χ4v) is 3.18. The highest BCUT2D eigenvalue weighted by Crippen LogP contribution is 2.17. The number of aliphatic hydroxyl groups is 1. The molecular formula is C20H27N3O. The minimum Gasteiger partial charge on any atom is -0.393 e. The van der Waals surface area contributed by atoms with E-state index >= 15 is 0 Å². The number of piperidine rings is 1. The van der Waals surface area contributed by atoms with Crippen molar-refractivity contribution in [1.82, 2.24) is 15.2 Å². The lowest BCUT2D eigenvalue weighted by Gasteiger charge is -2.29. The molecule has 2 N–H and O–H groups in total. The first kappa shape index (κ1) is 17.1. The summed E-state index contributed by atoms with van der Waals surface area (Å²) in [6.45, 7) is 5.10. The van der Waals surface area contributed by atoms with Gasteiger partial charge in [0.1, 0.15) is 0 Å². The lowest BCUT2D eigenvalue weighted by Crippen LogP contribution is -2.37. The van der Waals surface area contributed by atoms with Gasteiger partial charge in [-0.15, -0.1) is 0 Å². The highest BCUT2D eigenvalue weighted by molar-refractivity contribution is 5.59. The average Bonchev–Trinajstić information content (AvgIpc) is 2.64. The van der Waals surface area contributed by atoms with Crippen LogP contribution in [0, 0.1) is 0 Å². The van der Waals surface area contributed by atoms with Gasteiger partial charge in [-0.25, -0.2) is 0 Å². The molecule has 1 aliphatic heterocycles. The van der Waals surface area contributed by atoms with Crippen LogP contribution < -0.4 is 5.32 Å². The van der Waals surface area contributed by atoms with Gasteiger partial charge in [-0.05, 0) is 56.1 Å². The second kappa shape index (κ2) is 8.92. The largest absolute Gasteiger partial charge is 0.393 e. The Morgan fingerprint density at radius 2 is 2.00 bits per heavy atom. The van der Waals surface area contributed by atoms with Gasteiger partial charge < -0.3 is 15.3 Å². The predicted octanol–water partition coefficient (Wildman–Crippen LogP) is 2.69. The molecule has 24 heavy (non-hydrogen) atoms. The van der Waals surface area contributed by atoms with Crippen molar-refractivity contribution in [2.75, 3.05) is 26.2 Å². The summed E-state index contributed by atoms with van der Waals surface area (Å²) in [4.78, 5) is 6.87. The lowest BCUT2D eigenvalue weighted by atomic mass is 10.1. The van der Waals surface area contributed by atoms with Crippen LogP contribution in [0.3, 0.4) is 0 Å². The van der Waals surface area contributed by atoms with E-state index in [0.29, 0.717) is 0 Å². The summed E-state index contributed by atoms with van der Waals surface area (Å²) in [5.41, 5.74) is 3.48. The Hall–Kier alpha value is -1.75. The first-order chi connectivity index (χ1) is 11.8. The zero-order chi connectivity index (χ0) is 16.6. The number of rotatable bonds is 7. The van der Waals surface area contributed by atoms with Crippen LogP contribution in [0.4, 0.5) is 0 Å². The Labute approximate surface area is 144 Å². The van der Waals surface area contributed by atoms with E-state index in [1.807, 2.05) is 24.4 Å². The first-order valence-electron chi connectivity index (χ1n) is 8.93. The van der Waals surface area contributed by atoms with Crippen LogP contribution in [0.2, 0.25) is 0 Å². The summed E-state index contributed by atoms with van der Waals surface area (Å²) < 4.78 is 0. The van der Waals surface area contributed by atoms with E-state index in [4.69, 9.17) is 0 Å². The fraction of sp³-hybridized carbons (Fsp3) is 0.450. The van der Waals surface area contributed by atoms with Crippen molar-refractivity contribution in [2.45, 2.75) is 31.9 Å². The van der Waals surface area contributed by atoms with E-state index in [0.717, 1.165) is 57.7 Å². The van der Waals surface area contributed by atoms with Crippen LogP contribution in [0.5, 0.6) is 0 Å². The van der Waals surface area contributed by atoms with Crippen molar-refractivity contribution in [2.24, 2.45) is 0 Å². The monoisotopic (exact) mass is 325 g/mol. The SMILES string of the molecule is OC1CCN(CCCNCc2cccc(-c3ccccn3)c2)CC1. The normalized spacial score (nSPS) is 16.4. The number of pyridine rings is 1. The van der Waals surface area contributed by atoms with Crippen molar-refractivity contribution in [3.8, 4) is 11.3 Å². The van der Waals surface area contributed by atoms with Crippen LogP contribution in [0.25, 0.3) is 11.3 Å². The molecule has 1 fully saturated rings. The molecular weight excluding hydrogens is 298 g/mol. The molecule has 1 aliphatic rings. The molecule has 4 heteroatoms. The number of nitrogens with one attached hydrogen (secondary N) is 1. The summed E-state index contributed by atoms with van der Waals surface area (Å²) in [6, 6.07) is 14.6. The smallest absolute Gasteiger partial charge is 0.0702 e. The van der Waals surface area contributed by atoms with E-state index in [2.05, 4.69) is 39.5 Å². The Morgan fingerprint density at radius 1 is 1.12 bits per heavy atom. The summed E-state index contributed by atoms with van der Waals surface area (Å²) in [7, 11) is 0. The highest BCUT2D eigenvalue weighted by Gasteiger charge is 2.15. The Morgan fingerprint density at radius 3 is 2.79 bits per heavy atom. The Kier molecular flexibility index (Phi) is 6.35. The number of hydrogen-bond acceptors (Lipinski definition) is 4. The molecule has 0 unspecified atom stereocenters. The van der Waals surface area contributed by atoms with Crippen LogP contribution in [-0.2, 0) is 6.54 Å². The van der Waals surface area contributed by atoms with Gasteiger partial charge in [-0.2, -0.15) is 0 Å². The van der Waals surface area contributed by atoms with Gasteiger partial charge in [-0.1, -0.05) is 24.3 Å². The molecule has 128 valence electrons. The van der Waals surface area contributed by atoms with E-state index in [1.54, 1.807) is 0 Å². The van der Waals surface area contributed by atoms with Crippen molar-refractivity contribution in [1.29, 1.82) is 0 Å². The molecule has 2 aromatic rings. The molecule has 0 radical (unpaired) electrons. The van der Waals surface area contributed by atoms with Gasteiger partial charge in [0.2, 0.25) is 0 Å². The van der Waals surface area contributed by atoms with Crippen molar-refractivity contribution < 1.29 is 5.11 Å². The van der Waals surface area contributed by atoms with Gasteiger partial charge >= 0.3 is 0 Å². The van der Waals surface area contributed by atoms with Gasteiger partial charge in [-0.3, -0.25) is 4.98 Å². The molecule has 2 heterocycles. The van der Waals surface area contributed by atoms with E-state index in [1.165, 1.54) is 11.1 Å². The van der Waals surface area contributed by atoms with Gasteiger partial charge in [0.05, 0.1) is 11.8 Å². The molecule has 4 nitrogen and oxygen atoms in total. The first-order valence-corrected chi connectivity index (χ1v) is 8.93. The molecule has 0 saturated carbocycles. The van der Waals surface area contributed by atoms with Crippen LogP contribution in [0.1, 0.15) is 24.8 Å². The molecule has 1 aromatic heterocycles. The van der Waals surface area contributed by atoms with E-state index in [9.17, 15) is 5.11 Å². The van der Waals surface area contributed by atoms with Crippen molar-refractivity contribution in [3.05, 3.63) is 54.2 Å². The third kappa shape index (κ3) is 5.13. The maximum absolute atomic E-state index is 9.52. The third-order valence-electron chi connectivity index (χ3n) is 4.60. The number of aliphatic hydroxyl groups excluding tert-OH is 1. The van der Waals surface area contributed by atoms with Crippen LogP contribution in [0.15, 0.2) is 48.7 Å². The minimum atomic E-state index is -0.0780. The lowest BCUT2D eigenvalue weighted by molar-refractivity contribution is 0.0821. The molecule has 0 amide bonds. The number of hydrogen-bond donors (Lipinski definition) is 2. The second-order valence-corrected chi connectivity index (χ2v) is 6.52. The molecule has 1 saturated heterocycles. The summed E-state index contributed by atoms with van der Waals surface area (Å²) in [5.74, 6) is 0. The summed E-state index contributed by atoms with van der Waals surface area (Å²) in [6.07, 6.45) is 4.75. The quantitative estimate of drug-likeness (QED) is 0.769. The van der Waals surface area contributed by atoms with Crippen LogP contribution in [-0.4, -0.2) is 47.3 Å². The Bertz CT molecular complexity index is 609. The number of likely N-dealkylation sites (tertiary alicyclic amines) is 1. The standard InChI is InChI=1S/C20H27N3O/c24-19-8-13-23(14-9-19)12-4-10-21-16-17-5-3-6-18(15-17)20-7-1-2-11-22-20/h1-3,5-7,11,15,19,21,24H,4,8-10,12-14,16H2. The van der Waals surface area contributed by atoms with Gasteiger partial charge in [0, 0.05) is 31.4 Å². The topological polar surface area (TPSA) is 48.4 Å². The van der Waals surface area contributed by atoms with Crippen molar-refractivity contribution in [3.63, 3.8) is 0 Å². The zero-order valence-electron chi connectivity index (χ0n) is 14.2. The Balaban J connectivity index is 1.39. The van der Waals surface area contributed by atoms with E-state index in [-0.39, 0.29) is 6.10 Å².